The SMILES string of the molecule is CCCCCCCC1CCC(c2ccc(C(F)(F)CCOc3ccc(C4CCC(OC)CC4)cc3F)cc2)CC1. The van der Waals surface area contributed by atoms with E-state index < -0.39 is 18.2 Å². The van der Waals surface area contributed by atoms with Gasteiger partial charge in [-0.3, -0.25) is 0 Å². The first-order chi connectivity index (χ1) is 19.4. The molecule has 2 aromatic rings. The molecule has 2 aromatic carbocycles. The Labute approximate surface area is 240 Å². The molecule has 4 rings (SSSR count). The highest BCUT2D eigenvalue weighted by Gasteiger charge is 2.32. The summed E-state index contributed by atoms with van der Waals surface area (Å²) in [5.41, 5.74) is 2.12. The summed E-state index contributed by atoms with van der Waals surface area (Å²) in [4.78, 5) is 0. The van der Waals surface area contributed by atoms with Crippen LogP contribution in [0.4, 0.5) is 13.2 Å². The van der Waals surface area contributed by atoms with Crippen LogP contribution in [0.2, 0.25) is 0 Å². The van der Waals surface area contributed by atoms with Crippen LogP contribution in [0.1, 0.15) is 132 Å². The van der Waals surface area contributed by atoms with Gasteiger partial charge in [0.25, 0.3) is 5.92 Å². The van der Waals surface area contributed by atoms with E-state index in [9.17, 15) is 13.2 Å². The largest absolute Gasteiger partial charge is 0.490 e. The molecule has 0 bridgehead atoms. The lowest BCUT2D eigenvalue weighted by Gasteiger charge is -2.29. The molecule has 0 radical (unpaired) electrons. The minimum atomic E-state index is -3.02. The van der Waals surface area contributed by atoms with Crippen LogP contribution in [0.3, 0.4) is 0 Å². The Morgan fingerprint density at radius 3 is 2.05 bits per heavy atom. The molecule has 0 N–H and O–H groups in total. The van der Waals surface area contributed by atoms with E-state index >= 15 is 0 Å². The number of unbranched alkanes of at least 4 members (excludes halogenated alkanes) is 4. The van der Waals surface area contributed by atoms with Crippen LogP contribution in [0.5, 0.6) is 5.75 Å². The normalized spacial score (nSPS) is 23.7. The van der Waals surface area contributed by atoms with Crippen molar-refractivity contribution in [1.29, 1.82) is 0 Å². The molecular weight excluding hydrogens is 509 g/mol. The van der Waals surface area contributed by atoms with Crippen molar-refractivity contribution < 1.29 is 22.6 Å². The Kier molecular flexibility index (Phi) is 11.8. The van der Waals surface area contributed by atoms with Crippen molar-refractivity contribution in [3.63, 3.8) is 0 Å². The first kappa shape index (κ1) is 30.9. The fourth-order valence-corrected chi connectivity index (χ4v) is 6.77. The second-order valence-corrected chi connectivity index (χ2v) is 12.2. The zero-order valence-corrected chi connectivity index (χ0v) is 24.6. The summed E-state index contributed by atoms with van der Waals surface area (Å²) in [7, 11) is 1.73. The molecule has 2 nitrogen and oxygen atoms in total. The maximum absolute atomic E-state index is 15.0. The van der Waals surface area contributed by atoms with Crippen molar-refractivity contribution in [2.75, 3.05) is 13.7 Å². The van der Waals surface area contributed by atoms with E-state index in [2.05, 4.69) is 6.92 Å². The fraction of sp³-hybridized carbons (Fsp3) is 0.657. The average Bonchev–Trinajstić information content (AvgIpc) is 2.98. The molecule has 222 valence electrons. The van der Waals surface area contributed by atoms with Gasteiger partial charge in [-0.05, 0) is 92.4 Å². The van der Waals surface area contributed by atoms with Gasteiger partial charge in [0, 0.05) is 19.1 Å². The number of ether oxygens (including phenoxy) is 2. The van der Waals surface area contributed by atoms with Crippen LogP contribution in [0.25, 0.3) is 0 Å². The Bertz CT molecular complexity index is 1010. The highest BCUT2D eigenvalue weighted by molar-refractivity contribution is 5.32. The Hall–Kier alpha value is -2.01. The minimum Gasteiger partial charge on any atom is -0.490 e. The standard InChI is InChI=1S/C35H49F3O2/c1-3-4-5-6-7-8-26-9-11-27(12-10-26)28-13-18-31(19-14-28)35(37,38)23-24-40-34-22-17-30(25-33(34)36)29-15-20-32(39-2)21-16-29/h13-14,17-19,22,25-27,29,32H,3-12,15-16,20-21,23-24H2,1-2H3. The van der Waals surface area contributed by atoms with E-state index in [1.807, 2.05) is 18.2 Å². The number of hydrogen-bond donors (Lipinski definition) is 0. The summed E-state index contributed by atoms with van der Waals surface area (Å²) in [6, 6.07) is 11.9. The number of methoxy groups -OCH3 is 1. The second kappa shape index (κ2) is 15.3. The van der Waals surface area contributed by atoms with E-state index in [0.717, 1.165) is 50.0 Å². The molecule has 40 heavy (non-hydrogen) atoms. The third kappa shape index (κ3) is 8.74. The lowest BCUT2D eigenvalue weighted by molar-refractivity contribution is -0.0245. The Morgan fingerprint density at radius 2 is 1.40 bits per heavy atom. The monoisotopic (exact) mass is 558 g/mol. The zero-order chi connectivity index (χ0) is 28.4. The van der Waals surface area contributed by atoms with Gasteiger partial charge in [-0.2, -0.15) is 0 Å². The smallest absolute Gasteiger partial charge is 0.276 e. The molecule has 0 spiro atoms. The van der Waals surface area contributed by atoms with E-state index in [4.69, 9.17) is 9.47 Å². The third-order valence-electron chi connectivity index (χ3n) is 9.48. The summed E-state index contributed by atoms with van der Waals surface area (Å²) in [5.74, 6) is -1.86. The van der Waals surface area contributed by atoms with Gasteiger partial charge in [0.15, 0.2) is 11.6 Å². The van der Waals surface area contributed by atoms with Gasteiger partial charge < -0.3 is 9.47 Å². The minimum absolute atomic E-state index is 0.00287. The van der Waals surface area contributed by atoms with Crippen molar-refractivity contribution in [3.05, 3.63) is 65.0 Å². The van der Waals surface area contributed by atoms with E-state index in [1.165, 1.54) is 63.0 Å². The average molecular weight is 559 g/mol. The Morgan fingerprint density at radius 1 is 0.775 bits per heavy atom. The zero-order valence-electron chi connectivity index (χ0n) is 24.6. The van der Waals surface area contributed by atoms with Gasteiger partial charge in [0.1, 0.15) is 0 Å². The van der Waals surface area contributed by atoms with Crippen molar-refractivity contribution in [2.45, 2.75) is 127 Å². The maximum atomic E-state index is 15.0. The third-order valence-corrected chi connectivity index (χ3v) is 9.48. The number of hydrogen-bond acceptors (Lipinski definition) is 2. The lowest BCUT2D eigenvalue weighted by Crippen LogP contribution is -2.19. The summed E-state index contributed by atoms with van der Waals surface area (Å²) < 4.78 is 55.5. The topological polar surface area (TPSA) is 18.5 Å². The predicted molar refractivity (Wildman–Crippen MR) is 157 cm³/mol. The predicted octanol–water partition coefficient (Wildman–Crippen LogP) is 10.7. The molecule has 2 fully saturated rings. The summed E-state index contributed by atoms with van der Waals surface area (Å²) >= 11 is 0. The number of halogens is 3. The number of rotatable bonds is 14. The molecule has 0 aliphatic heterocycles. The van der Waals surface area contributed by atoms with Gasteiger partial charge in [0.2, 0.25) is 0 Å². The van der Waals surface area contributed by atoms with Gasteiger partial charge in [0.05, 0.1) is 12.7 Å². The summed E-state index contributed by atoms with van der Waals surface area (Å²) in [6.07, 6.45) is 16.5. The molecule has 2 saturated carbocycles. The molecular formula is C35H49F3O2. The quantitative estimate of drug-likeness (QED) is 0.215. The highest BCUT2D eigenvalue weighted by Crippen LogP contribution is 2.40. The molecule has 0 aromatic heterocycles. The number of benzene rings is 2. The molecule has 0 unspecified atom stereocenters. The van der Waals surface area contributed by atoms with Gasteiger partial charge in [-0.1, -0.05) is 75.8 Å². The fourth-order valence-electron chi connectivity index (χ4n) is 6.77. The number of alkyl halides is 2. The lowest BCUT2D eigenvalue weighted by atomic mass is 9.77. The van der Waals surface area contributed by atoms with Crippen molar-refractivity contribution in [1.82, 2.24) is 0 Å². The van der Waals surface area contributed by atoms with Crippen LogP contribution >= 0.6 is 0 Å². The molecule has 0 amide bonds. The van der Waals surface area contributed by atoms with Crippen molar-refractivity contribution in [2.24, 2.45) is 5.92 Å². The second-order valence-electron chi connectivity index (χ2n) is 12.2. The molecule has 5 heteroatoms. The van der Waals surface area contributed by atoms with Crippen LogP contribution in [0, 0.1) is 11.7 Å². The van der Waals surface area contributed by atoms with Gasteiger partial charge >= 0.3 is 0 Å². The van der Waals surface area contributed by atoms with Crippen molar-refractivity contribution in [3.8, 4) is 5.75 Å². The van der Waals surface area contributed by atoms with Crippen LogP contribution in [0.15, 0.2) is 42.5 Å². The first-order valence-corrected chi connectivity index (χ1v) is 15.8. The highest BCUT2D eigenvalue weighted by atomic mass is 19.3. The van der Waals surface area contributed by atoms with E-state index in [0.29, 0.717) is 11.8 Å². The molecule has 2 aliphatic rings. The van der Waals surface area contributed by atoms with Crippen LogP contribution < -0.4 is 4.74 Å². The summed E-state index contributed by atoms with van der Waals surface area (Å²) in [6.45, 7) is 2.01. The molecule has 0 heterocycles. The first-order valence-electron chi connectivity index (χ1n) is 15.8. The van der Waals surface area contributed by atoms with E-state index in [1.54, 1.807) is 25.3 Å². The maximum Gasteiger partial charge on any atom is 0.276 e. The van der Waals surface area contributed by atoms with E-state index in [-0.39, 0.29) is 24.0 Å². The van der Waals surface area contributed by atoms with Gasteiger partial charge in [-0.15, -0.1) is 0 Å². The van der Waals surface area contributed by atoms with Crippen molar-refractivity contribution >= 4 is 0 Å². The summed E-state index contributed by atoms with van der Waals surface area (Å²) in [5, 5.41) is 0. The van der Waals surface area contributed by atoms with Crippen LogP contribution in [-0.4, -0.2) is 19.8 Å². The molecule has 2 aliphatic carbocycles. The Balaban J connectivity index is 1.21. The van der Waals surface area contributed by atoms with Gasteiger partial charge in [-0.25, -0.2) is 13.2 Å². The molecule has 0 atom stereocenters. The van der Waals surface area contributed by atoms with Crippen LogP contribution in [-0.2, 0) is 10.7 Å². The molecule has 0 saturated heterocycles.